The first-order valence-electron chi connectivity index (χ1n) is 5.08. The Morgan fingerprint density at radius 2 is 2.17 bits per heavy atom. The molecule has 0 unspecified atom stereocenters. The van der Waals surface area contributed by atoms with Gasteiger partial charge < -0.3 is 9.30 Å². The van der Waals surface area contributed by atoms with Crippen molar-refractivity contribution in [2.75, 3.05) is 7.11 Å². The molecule has 2 rings (SSSR count). The maximum atomic E-state index is 13.6. The van der Waals surface area contributed by atoms with E-state index in [1.54, 1.807) is 18.3 Å². The molecule has 2 aromatic rings. The number of imidazole rings is 1. The second-order valence-electron chi connectivity index (χ2n) is 3.62. The molecule has 0 N–H and O–H groups in total. The molecule has 6 heteroatoms. The van der Waals surface area contributed by atoms with E-state index in [1.165, 1.54) is 13.2 Å². The largest absolute Gasteiger partial charge is 0.494 e. The van der Waals surface area contributed by atoms with Crippen LogP contribution in [-0.2, 0) is 12.9 Å². The molecule has 0 fully saturated rings. The molecule has 0 atom stereocenters. The third-order valence-corrected chi connectivity index (χ3v) is 2.91. The molecule has 1 heterocycles. The van der Waals surface area contributed by atoms with Crippen LogP contribution in [0.15, 0.2) is 24.4 Å². The van der Waals surface area contributed by atoms with Gasteiger partial charge >= 0.3 is 0 Å². The molecule has 98 valence electrons. The summed E-state index contributed by atoms with van der Waals surface area (Å²) in [6.07, 6.45) is 1.68. The molecule has 0 aliphatic heterocycles. The average Bonchev–Trinajstić information content (AvgIpc) is 2.70. The molecule has 0 amide bonds. The zero-order valence-electron chi connectivity index (χ0n) is 9.98. The molecular weight excluding hydrogens is 278 g/mol. The van der Waals surface area contributed by atoms with E-state index in [0.717, 1.165) is 5.69 Å². The van der Waals surface area contributed by atoms with Crippen molar-refractivity contribution < 1.29 is 9.13 Å². The number of alkyl halides is 1. The van der Waals surface area contributed by atoms with Gasteiger partial charge in [-0.25, -0.2) is 9.37 Å². The highest BCUT2D eigenvalue weighted by Gasteiger charge is 2.10. The number of methoxy groups -OCH3 is 1. The lowest BCUT2D eigenvalue weighted by Crippen LogP contribution is -1.97. The summed E-state index contributed by atoms with van der Waals surface area (Å²) in [5.74, 6) is 0.880. The Morgan fingerprint density at radius 1 is 1.44 bits per heavy atom. The first kappa shape index (κ1) is 14.8. The van der Waals surface area contributed by atoms with Crippen LogP contribution in [0.25, 0.3) is 11.4 Å². The van der Waals surface area contributed by atoms with Crippen molar-refractivity contribution in [1.82, 2.24) is 9.55 Å². The van der Waals surface area contributed by atoms with Gasteiger partial charge in [-0.05, 0) is 18.2 Å². The Labute approximate surface area is 116 Å². The van der Waals surface area contributed by atoms with Crippen molar-refractivity contribution in [1.29, 1.82) is 0 Å². The van der Waals surface area contributed by atoms with Crippen molar-refractivity contribution in [2.24, 2.45) is 7.05 Å². The van der Waals surface area contributed by atoms with Crippen molar-refractivity contribution in [2.45, 2.75) is 5.88 Å². The molecular formula is C12H13Cl2FN2O. The number of ether oxygens (including phenoxy) is 1. The maximum absolute atomic E-state index is 13.6. The highest BCUT2D eigenvalue weighted by Crippen LogP contribution is 2.25. The number of benzene rings is 1. The van der Waals surface area contributed by atoms with Gasteiger partial charge in [0.15, 0.2) is 11.6 Å². The molecule has 0 aliphatic rings. The van der Waals surface area contributed by atoms with Gasteiger partial charge in [-0.2, -0.15) is 0 Å². The lowest BCUT2D eigenvalue weighted by atomic mass is 10.2. The lowest BCUT2D eigenvalue weighted by Gasteiger charge is -2.06. The van der Waals surface area contributed by atoms with Gasteiger partial charge in [0.1, 0.15) is 5.82 Å². The Morgan fingerprint density at radius 3 is 2.67 bits per heavy atom. The van der Waals surface area contributed by atoms with Gasteiger partial charge in [0.05, 0.1) is 24.9 Å². The van der Waals surface area contributed by atoms with Crippen LogP contribution in [0, 0.1) is 5.82 Å². The van der Waals surface area contributed by atoms with Crippen LogP contribution in [0.5, 0.6) is 5.75 Å². The van der Waals surface area contributed by atoms with E-state index in [1.807, 2.05) is 11.6 Å². The molecule has 1 aromatic heterocycles. The van der Waals surface area contributed by atoms with Crippen molar-refractivity contribution in [3.63, 3.8) is 0 Å². The van der Waals surface area contributed by atoms with Crippen molar-refractivity contribution in [3.05, 3.63) is 35.9 Å². The van der Waals surface area contributed by atoms with E-state index in [2.05, 4.69) is 4.98 Å². The summed E-state index contributed by atoms with van der Waals surface area (Å²) in [5.41, 5.74) is 1.58. The molecule has 0 saturated heterocycles. The summed E-state index contributed by atoms with van der Waals surface area (Å²) in [4.78, 5) is 4.22. The number of hydrogen-bond acceptors (Lipinski definition) is 2. The Kier molecular flexibility index (Phi) is 4.99. The molecule has 1 aromatic carbocycles. The monoisotopic (exact) mass is 290 g/mol. The Balaban J connectivity index is 0.00000162. The molecule has 0 spiro atoms. The Hall–Kier alpha value is -1.26. The van der Waals surface area contributed by atoms with Crippen LogP contribution in [-0.4, -0.2) is 16.7 Å². The number of aromatic nitrogens is 2. The fraction of sp³-hybridized carbons (Fsp3) is 0.250. The molecule has 0 aliphatic carbocycles. The first-order chi connectivity index (χ1) is 8.17. The quantitative estimate of drug-likeness (QED) is 0.810. The highest BCUT2D eigenvalue weighted by molar-refractivity contribution is 6.16. The zero-order valence-corrected chi connectivity index (χ0v) is 11.6. The lowest BCUT2D eigenvalue weighted by molar-refractivity contribution is 0.386. The summed E-state index contributed by atoms with van der Waals surface area (Å²) in [6, 6.07) is 4.75. The second-order valence-corrected chi connectivity index (χ2v) is 3.88. The topological polar surface area (TPSA) is 27.1 Å². The van der Waals surface area contributed by atoms with Crippen LogP contribution in [0.3, 0.4) is 0 Å². The predicted octanol–water partition coefficient (Wildman–Crippen LogP) is 3.40. The van der Waals surface area contributed by atoms with E-state index in [4.69, 9.17) is 16.3 Å². The fourth-order valence-corrected chi connectivity index (χ4v) is 1.89. The standard InChI is InChI=1S/C12H12ClFN2O.ClH/c1-16-9(6-13)7-15-12(16)8-3-4-11(17-2)10(14)5-8;/h3-5,7H,6H2,1-2H3;1H. The highest BCUT2D eigenvalue weighted by atomic mass is 35.5. The van der Waals surface area contributed by atoms with Gasteiger partial charge in [-0.3, -0.25) is 0 Å². The minimum atomic E-state index is -0.402. The van der Waals surface area contributed by atoms with E-state index in [9.17, 15) is 4.39 Å². The molecule has 3 nitrogen and oxygen atoms in total. The molecule has 0 saturated carbocycles. The van der Waals surface area contributed by atoms with Crippen molar-refractivity contribution in [3.8, 4) is 17.1 Å². The van der Waals surface area contributed by atoms with Crippen LogP contribution in [0.2, 0.25) is 0 Å². The van der Waals surface area contributed by atoms with E-state index in [-0.39, 0.29) is 18.2 Å². The molecule has 0 bridgehead atoms. The number of nitrogens with zero attached hydrogens (tertiary/aromatic N) is 2. The predicted molar refractivity (Wildman–Crippen MR) is 72.0 cm³/mol. The third-order valence-electron chi connectivity index (χ3n) is 2.63. The minimum absolute atomic E-state index is 0. The number of hydrogen-bond donors (Lipinski definition) is 0. The first-order valence-corrected chi connectivity index (χ1v) is 5.61. The summed E-state index contributed by atoms with van der Waals surface area (Å²) >= 11 is 5.76. The smallest absolute Gasteiger partial charge is 0.165 e. The maximum Gasteiger partial charge on any atom is 0.165 e. The summed E-state index contributed by atoms with van der Waals surface area (Å²) in [7, 11) is 3.28. The summed E-state index contributed by atoms with van der Waals surface area (Å²) < 4.78 is 20.3. The van der Waals surface area contributed by atoms with Crippen LogP contribution in [0.4, 0.5) is 4.39 Å². The summed E-state index contributed by atoms with van der Waals surface area (Å²) in [5, 5.41) is 0. The van der Waals surface area contributed by atoms with Gasteiger partial charge in [0.2, 0.25) is 0 Å². The number of rotatable bonds is 3. The molecule has 0 radical (unpaired) electrons. The normalized spacial score (nSPS) is 10.0. The fourth-order valence-electron chi connectivity index (χ4n) is 1.64. The van der Waals surface area contributed by atoms with Crippen LogP contribution < -0.4 is 4.74 Å². The van der Waals surface area contributed by atoms with Gasteiger partial charge in [0.25, 0.3) is 0 Å². The van der Waals surface area contributed by atoms with Crippen LogP contribution >= 0.6 is 24.0 Å². The number of halogens is 3. The average molecular weight is 291 g/mol. The van der Waals surface area contributed by atoms with Gasteiger partial charge in [-0.15, -0.1) is 24.0 Å². The second kappa shape index (κ2) is 6.07. The zero-order chi connectivity index (χ0) is 12.4. The Bertz CT molecular complexity index is 543. The van der Waals surface area contributed by atoms with Gasteiger partial charge in [-0.1, -0.05) is 0 Å². The third kappa shape index (κ3) is 2.60. The van der Waals surface area contributed by atoms with Gasteiger partial charge in [0, 0.05) is 12.6 Å². The molecule has 18 heavy (non-hydrogen) atoms. The summed E-state index contributed by atoms with van der Waals surface area (Å²) in [6.45, 7) is 0. The van der Waals surface area contributed by atoms with Crippen molar-refractivity contribution >= 4 is 24.0 Å². The SMILES string of the molecule is COc1ccc(-c2ncc(CCl)n2C)cc1F.Cl. The van der Waals surface area contributed by atoms with E-state index >= 15 is 0 Å². The minimum Gasteiger partial charge on any atom is -0.494 e. The van der Waals surface area contributed by atoms with Crippen LogP contribution in [0.1, 0.15) is 5.69 Å². The van der Waals surface area contributed by atoms with E-state index < -0.39 is 5.82 Å². The van der Waals surface area contributed by atoms with E-state index in [0.29, 0.717) is 17.3 Å².